The molecule has 194 valence electrons. The van der Waals surface area contributed by atoms with Gasteiger partial charge in [0.1, 0.15) is 16.8 Å². The summed E-state index contributed by atoms with van der Waals surface area (Å²) in [5.74, 6) is 0.461. The summed E-state index contributed by atoms with van der Waals surface area (Å²) >= 11 is 3.00. The van der Waals surface area contributed by atoms with Crippen molar-refractivity contribution in [2.75, 3.05) is 24.0 Å². The Bertz CT molecular complexity index is 1470. The predicted molar refractivity (Wildman–Crippen MR) is 152 cm³/mol. The van der Waals surface area contributed by atoms with Crippen molar-refractivity contribution >= 4 is 41.0 Å². The van der Waals surface area contributed by atoms with Crippen LogP contribution in [0.2, 0.25) is 0 Å². The van der Waals surface area contributed by atoms with E-state index in [9.17, 15) is 9.59 Å². The number of anilines is 1. The molecule has 0 fully saturated rings. The summed E-state index contributed by atoms with van der Waals surface area (Å²) in [4.78, 5) is 30.4. The fourth-order valence-electron chi connectivity index (χ4n) is 4.62. The average molecular weight is 545 g/mol. The van der Waals surface area contributed by atoms with Gasteiger partial charge in [0, 0.05) is 28.3 Å². The molecule has 2 amide bonds. The average Bonchev–Trinajstić information content (AvgIpc) is 3.19. The Labute approximate surface area is 230 Å². The minimum atomic E-state index is -0.892. The lowest BCUT2D eigenvalue weighted by atomic mass is 10.0. The van der Waals surface area contributed by atoms with Crippen LogP contribution in [0.3, 0.4) is 0 Å². The molecule has 2 heterocycles. The van der Waals surface area contributed by atoms with Crippen LogP contribution in [0.1, 0.15) is 22.9 Å². The van der Waals surface area contributed by atoms with Crippen LogP contribution in [0.5, 0.6) is 5.75 Å². The minimum absolute atomic E-state index is 0.138. The molecule has 1 aromatic heterocycles. The van der Waals surface area contributed by atoms with Gasteiger partial charge in [0.15, 0.2) is 0 Å². The zero-order valence-electron chi connectivity index (χ0n) is 21.4. The van der Waals surface area contributed by atoms with Crippen molar-refractivity contribution in [2.45, 2.75) is 29.4 Å². The Hall–Kier alpha value is -3.69. The smallest absolute Gasteiger partial charge is 0.248 e. The highest BCUT2D eigenvalue weighted by Gasteiger charge is 2.40. The standard InChI is InChI=1S/C29H28N4O3S2/c1-19-26-27(28(35)30-17-20-10-7-8-15-24(20)36-2)32(22-13-9-14-23(16-22)37-3)25(34)18-38-29(26)33(31-19)21-11-5-4-6-12-21/h4-16,27H,17-18H2,1-3H3,(H,30,35)/t27-/m0/s1. The Balaban J connectivity index is 1.62. The summed E-state index contributed by atoms with van der Waals surface area (Å²) in [6.45, 7) is 2.16. The van der Waals surface area contributed by atoms with Crippen LogP contribution in [0.15, 0.2) is 88.8 Å². The number of benzene rings is 3. The Morgan fingerprint density at radius 3 is 2.58 bits per heavy atom. The molecule has 7 nitrogen and oxygen atoms in total. The highest BCUT2D eigenvalue weighted by molar-refractivity contribution is 8.00. The van der Waals surface area contributed by atoms with Gasteiger partial charge < -0.3 is 10.1 Å². The third-order valence-electron chi connectivity index (χ3n) is 6.42. The van der Waals surface area contributed by atoms with Gasteiger partial charge in [-0.3, -0.25) is 14.5 Å². The molecule has 0 aliphatic carbocycles. The van der Waals surface area contributed by atoms with E-state index in [4.69, 9.17) is 9.84 Å². The minimum Gasteiger partial charge on any atom is -0.496 e. The van der Waals surface area contributed by atoms with E-state index in [0.29, 0.717) is 17.1 Å². The normalized spacial score (nSPS) is 15.1. The maximum Gasteiger partial charge on any atom is 0.248 e. The van der Waals surface area contributed by atoms with Gasteiger partial charge in [-0.05, 0) is 49.6 Å². The number of methoxy groups -OCH3 is 1. The Morgan fingerprint density at radius 1 is 1.08 bits per heavy atom. The first-order valence-corrected chi connectivity index (χ1v) is 14.4. The Morgan fingerprint density at radius 2 is 1.82 bits per heavy atom. The summed E-state index contributed by atoms with van der Waals surface area (Å²) in [5, 5.41) is 8.69. The Kier molecular flexibility index (Phi) is 7.76. The number of hydrogen-bond acceptors (Lipinski definition) is 6. The van der Waals surface area contributed by atoms with Crippen LogP contribution in [-0.2, 0) is 16.1 Å². The summed E-state index contributed by atoms with van der Waals surface area (Å²) in [7, 11) is 1.61. The summed E-state index contributed by atoms with van der Waals surface area (Å²) in [5.41, 5.74) is 3.85. The molecule has 9 heteroatoms. The van der Waals surface area contributed by atoms with Crippen LogP contribution >= 0.6 is 23.5 Å². The first kappa shape index (κ1) is 25.9. The number of carbonyl (C=O) groups excluding carboxylic acids is 2. The van der Waals surface area contributed by atoms with Crippen LogP contribution in [0.25, 0.3) is 5.69 Å². The lowest BCUT2D eigenvalue weighted by molar-refractivity contribution is -0.126. The number of rotatable bonds is 7. The third-order valence-corrected chi connectivity index (χ3v) is 8.20. The molecule has 3 aromatic carbocycles. The fourth-order valence-corrected chi connectivity index (χ4v) is 6.15. The molecule has 1 aliphatic rings. The lowest BCUT2D eigenvalue weighted by Crippen LogP contribution is -2.44. The molecule has 1 aliphatic heterocycles. The van der Waals surface area contributed by atoms with Crippen molar-refractivity contribution in [3.8, 4) is 11.4 Å². The SMILES string of the molecule is COc1ccccc1CNC(=O)[C@@H]1c2c(C)nn(-c3ccccc3)c2SCC(=O)N1c1cccc(SC)c1. The molecular formula is C29H28N4O3S2. The highest BCUT2D eigenvalue weighted by Crippen LogP contribution is 2.41. The number of ether oxygens (including phenoxy) is 1. The number of para-hydroxylation sites is 2. The number of amides is 2. The van der Waals surface area contributed by atoms with Crippen LogP contribution in [0, 0.1) is 6.92 Å². The first-order valence-electron chi connectivity index (χ1n) is 12.1. The zero-order valence-corrected chi connectivity index (χ0v) is 23.0. The van der Waals surface area contributed by atoms with E-state index in [1.165, 1.54) is 11.8 Å². The fraction of sp³-hybridized carbons (Fsp3) is 0.207. The van der Waals surface area contributed by atoms with Crippen molar-refractivity contribution in [3.05, 3.63) is 95.7 Å². The molecule has 0 unspecified atom stereocenters. The molecule has 0 spiro atoms. The zero-order chi connectivity index (χ0) is 26.6. The molecule has 5 rings (SSSR count). The van der Waals surface area contributed by atoms with Crippen LogP contribution in [0.4, 0.5) is 5.69 Å². The number of nitrogens with one attached hydrogen (secondary N) is 1. The quantitative estimate of drug-likeness (QED) is 0.314. The molecule has 1 N–H and O–H groups in total. The van der Waals surface area contributed by atoms with Crippen molar-refractivity contribution in [1.29, 1.82) is 0 Å². The molecule has 1 atom stereocenters. The number of carbonyl (C=O) groups is 2. The van der Waals surface area contributed by atoms with Gasteiger partial charge in [-0.15, -0.1) is 11.8 Å². The molecule has 0 saturated carbocycles. The number of hydrogen-bond donors (Lipinski definition) is 1. The number of thioether (sulfide) groups is 2. The van der Waals surface area contributed by atoms with Crippen molar-refractivity contribution < 1.29 is 14.3 Å². The number of aryl methyl sites for hydroxylation is 1. The maximum atomic E-state index is 14.1. The first-order chi connectivity index (χ1) is 18.5. The van der Waals surface area contributed by atoms with E-state index in [1.807, 2.05) is 96.7 Å². The third kappa shape index (κ3) is 5.04. The molecule has 0 saturated heterocycles. The van der Waals surface area contributed by atoms with Gasteiger partial charge in [0.2, 0.25) is 11.8 Å². The highest BCUT2D eigenvalue weighted by atomic mass is 32.2. The predicted octanol–water partition coefficient (Wildman–Crippen LogP) is 5.41. The van der Waals surface area contributed by atoms with E-state index in [2.05, 4.69) is 5.32 Å². The number of aromatic nitrogens is 2. The molecule has 0 bridgehead atoms. The lowest BCUT2D eigenvalue weighted by Gasteiger charge is -2.30. The van der Waals surface area contributed by atoms with Gasteiger partial charge in [0.05, 0.1) is 24.2 Å². The van der Waals surface area contributed by atoms with Gasteiger partial charge in [0.25, 0.3) is 0 Å². The monoisotopic (exact) mass is 544 g/mol. The van der Waals surface area contributed by atoms with E-state index in [1.54, 1.807) is 23.8 Å². The number of fused-ring (bicyclic) bond motifs is 1. The van der Waals surface area contributed by atoms with E-state index < -0.39 is 6.04 Å². The van der Waals surface area contributed by atoms with Gasteiger partial charge in [-0.2, -0.15) is 5.10 Å². The van der Waals surface area contributed by atoms with Gasteiger partial charge >= 0.3 is 0 Å². The van der Waals surface area contributed by atoms with Crippen molar-refractivity contribution in [1.82, 2.24) is 15.1 Å². The second-order valence-electron chi connectivity index (χ2n) is 8.74. The second-order valence-corrected chi connectivity index (χ2v) is 10.6. The van der Waals surface area contributed by atoms with E-state index in [0.717, 1.165) is 26.7 Å². The summed E-state index contributed by atoms with van der Waals surface area (Å²) in [6, 6.07) is 24.2. The van der Waals surface area contributed by atoms with E-state index in [-0.39, 0.29) is 24.1 Å². The van der Waals surface area contributed by atoms with Crippen LogP contribution < -0.4 is 15.0 Å². The molecule has 4 aromatic rings. The molecule has 0 radical (unpaired) electrons. The largest absolute Gasteiger partial charge is 0.496 e. The second kappa shape index (κ2) is 11.4. The van der Waals surface area contributed by atoms with E-state index >= 15 is 0 Å². The molecule has 38 heavy (non-hydrogen) atoms. The summed E-state index contributed by atoms with van der Waals surface area (Å²) in [6.07, 6.45) is 1.99. The van der Waals surface area contributed by atoms with Crippen molar-refractivity contribution in [3.63, 3.8) is 0 Å². The maximum absolute atomic E-state index is 14.1. The summed E-state index contributed by atoms with van der Waals surface area (Å²) < 4.78 is 7.31. The molecular weight excluding hydrogens is 516 g/mol. The number of nitrogens with zero attached hydrogens (tertiary/aromatic N) is 3. The topological polar surface area (TPSA) is 76.5 Å². The van der Waals surface area contributed by atoms with Crippen molar-refractivity contribution in [2.24, 2.45) is 0 Å². The van der Waals surface area contributed by atoms with Gasteiger partial charge in [-0.1, -0.05) is 54.2 Å². The van der Waals surface area contributed by atoms with Gasteiger partial charge in [-0.25, -0.2) is 4.68 Å². The van der Waals surface area contributed by atoms with Crippen LogP contribution in [-0.4, -0.2) is 40.7 Å².